The van der Waals surface area contributed by atoms with Crippen molar-refractivity contribution < 1.29 is 16.8 Å². The lowest BCUT2D eigenvalue weighted by Gasteiger charge is -2.16. The normalized spacial score (nSPS) is 20.8. The summed E-state index contributed by atoms with van der Waals surface area (Å²) in [5, 5.41) is 4.90. The molecule has 3 aromatic rings. The summed E-state index contributed by atoms with van der Waals surface area (Å²) in [7, 11) is -6.51. The highest BCUT2D eigenvalue weighted by Gasteiger charge is 2.31. The van der Waals surface area contributed by atoms with E-state index >= 15 is 0 Å². The van der Waals surface area contributed by atoms with Gasteiger partial charge < -0.3 is 0 Å². The Balaban J connectivity index is 1.52. The molecule has 2 aliphatic rings. The van der Waals surface area contributed by atoms with Crippen LogP contribution in [0.5, 0.6) is 0 Å². The predicted octanol–water partition coefficient (Wildman–Crippen LogP) is 3.49. The van der Waals surface area contributed by atoms with E-state index < -0.39 is 19.9 Å². The SMILES string of the molecule is Cc1cccc(-c2nn(C3CCN(S(C)(=O)=O)C3)cc2-c2ccnc(C3C=CC(S(C)(=O)=O)=CC3)c2)n1. The minimum atomic E-state index is -3.27. The van der Waals surface area contributed by atoms with Gasteiger partial charge in [-0.15, -0.1) is 0 Å². The van der Waals surface area contributed by atoms with Crippen molar-refractivity contribution in [3.8, 4) is 22.5 Å². The number of sulfonamides is 1. The molecule has 4 heterocycles. The first-order valence-electron chi connectivity index (χ1n) is 12.0. The van der Waals surface area contributed by atoms with Crippen molar-refractivity contribution in [3.63, 3.8) is 0 Å². The molecule has 0 amide bonds. The van der Waals surface area contributed by atoms with Gasteiger partial charge in [-0.2, -0.15) is 9.40 Å². The molecule has 5 rings (SSSR count). The van der Waals surface area contributed by atoms with E-state index in [0.29, 0.717) is 30.8 Å². The summed E-state index contributed by atoms with van der Waals surface area (Å²) in [6, 6.07) is 9.65. The zero-order valence-electron chi connectivity index (χ0n) is 20.9. The Bertz CT molecular complexity index is 1620. The average molecular weight is 540 g/mol. The molecule has 1 saturated heterocycles. The standard InChI is InChI=1S/C26H29N5O4S2/c1-18-5-4-6-24(28-18)26-23(17-31(29-26)21-12-14-30(16-21)37(3,34)35)20-11-13-27-25(15-20)19-7-9-22(10-8-19)36(2,32)33/h4-7,9-11,13,15,17,19,21H,8,12,14,16H2,1-3H3. The Morgan fingerprint density at radius 3 is 2.54 bits per heavy atom. The molecular formula is C26H29N5O4S2. The molecule has 1 fully saturated rings. The molecule has 1 aliphatic heterocycles. The zero-order valence-corrected chi connectivity index (χ0v) is 22.6. The Kier molecular flexibility index (Phi) is 6.63. The van der Waals surface area contributed by atoms with Gasteiger partial charge in [-0.05, 0) is 55.7 Å². The minimum absolute atomic E-state index is 0.0424. The maximum absolute atomic E-state index is 12.1. The molecule has 0 saturated carbocycles. The smallest absolute Gasteiger partial charge is 0.211 e. The Morgan fingerprint density at radius 2 is 1.89 bits per heavy atom. The van der Waals surface area contributed by atoms with Crippen LogP contribution in [0.25, 0.3) is 22.5 Å². The van der Waals surface area contributed by atoms with E-state index in [0.717, 1.165) is 33.9 Å². The lowest BCUT2D eigenvalue weighted by Crippen LogP contribution is -2.28. The molecule has 0 bridgehead atoms. The predicted molar refractivity (Wildman–Crippen MR) is 143 cm³/mol. The molecule has 2 atom stereocenters. The van der Waals surface area contributed by atoms with Gasteiger partial charge in [0.25, 0.3) is 0 Å². The molecule has 11 heteroatoms. The third-order valence-corrected chi connectivity index (χ3v) is 9.23. The highest BCUT2D eigenvalue weighted by molar-refractivity contribution is 7.94. The van der Waals surface area contributed by atoms with Gasteiger partial charge in [0.1, 0.15) is 5.69 Å². The molecule has 0 N–H and O–H groups in total. The summed E-state index contributed by atoms with van der Waals surface area (Å²) in [6.07, 6.45) is 12.6. The van der Waals surface area contributed by atoms with Gasteiger partial charge >= 0.3 is 0 Å². The maximum atomic E-state index is 12.1. The third-order valence-electron chi connectivity index (χ3n) is 6.80. The summed E-state index contributed by atoms with van der Waals surface area (Å²) >= 11 is 0. The second-order valence-electron chi connectivity index (χ2n) is 9.65. The number of rotatable bonds is 6. The molecule has 0 radical (unpaired) electrons. The average Bonchev–Trinajstić information content (AvgIpc) is 3.52. The van der Waals surface area contributed by atoms with Crippen LogP contribution in [0.4, 0.5) is 0 Å². The van der Waals surface area contributed by atoms with E-state index in [1.807, 2.05) is 54.2 Å². The van der Waals surface area contributed by atoms with Gasteiger partial charge in [0.2, 0.25) is 10.0 Å². The number of sulfone groups is 1. The van der Waals surface area contributed by atoms with E-state index in [1.165, 1.54) is 16.8 Å². The fraction of sp³-hybridized carbons (Fsp3) is 0.346. The fourth-order valence-electron chi connectivity index (χ4n) is 4.80. The van der Waals surface area contributed by atoms with Crippen molar-refractivity contribution in [1.29, 1.82) is 0 Å². The van der Waals surface area contributed by atoms with E-state index in [2.05, 4.69) is 4.98 Å². The Labute approximate surface area is 217 Å². The van der Waals surface area contributed by atoms with Crippen LogP contribution in [-0.2, 0) is 19.9 Å². The number of pyridine rings is 2. The molecule has 3 aromatic heterocycles. The van der Waals surface area contributed by atoms with Gasteiger partial charge in [0, 0.05) is 54.6 Å². The summed E-state index contributed by atoms with van der Waals surface area (Å²) in [5.41, 5.74) is 4.96. The quantitative estimate of drug-likeness (QED) is 0.471. The van der Waals surface area contributed by atoms with Gasteiger partial charge in [-0.1, -0.05) is 18.2 Å². The van der Waals surface area contributed by atoms with Crippen molar-refractivity contribution in [2.24, 2.45) is 0 Å². The molecule has 0 spiro atoms. The second kappa shape index (κ2) is 9.62. The Morgan fingerprint density at radius 1 is 1.08 bits per heavy atom. The molecule has 0 aromatic carbocycles. The highest BCUT2D eigenvalue weighted by atomic mass is 32.2. The number of hydrogen-bond acceptors (Lipinski definition) is 7. The van der Waals surface area contributed by atoms with Gasteiger partial charge in [0.05, 0.1) is 22.9 Å². The van der Waals surface area contributed by atoms with Crippen molar-refractivity contribution >= 4 is 19.9 Å². The van der Waals surface area contributed by atoms with Crippen LogP contribution in [-0.4, -0.2) is 66.5 Å². The molecular weight excluding hydrogens is 510 g/mol. The number of allylic oxidation sites excluding steroid dienone is 3. The van der Waals surface area contributed by atoms with Crippen LogP contribution in [0.3, 0.4) is 0 Å². The first-order valence-corrected chi connectivity index (χ1v) is 15.8. The third kappa shape index (κ3) is 5.43. The number of aryl methyl sites for hydroxylation is 1. The van der Waals surface area contributed by atoms with Crippen LogP contribution in [0.15, 0.2) is 65.9 Å². The van der Waals surface area contributed by atoms with Crippen molar-refractivity contribution in [2.75, 3.05) is 25.6 Å². The minimum Gasteiger partial charge on any atom is -0.267 e. The molecule has 194 valence electrons. The van der Waals surface area contributed by atoms with Crippen LogP contribution < -0.4 is 0 Å². The van der Waals surface area contributed by atoms with Crippen LogP contribution in [0.1, 0.15) is 36.2 Å². The largest absolute Gasteiger partial charge is 0.267 e. The van der Waals surface area contributed by atoms with Gasteiger partial charge in [-0.3, -0.25) is 14.6 Å². The molecule has 1 aliphatic carbocycles. The van der Waals surface area contributed by atoms with Crippen LogP contribution in [0.2, 0.25) is 0 Å². The lowest BCUT2D eigenvalue weighted by atomic mass is 9.94. The maximum Gasteiger partial charge on any atom is 0.211 e. The second-order valence-corrected chi connectivity index (χ2v) is 13.6. The van der Waals surface area contributed by atoms with E-state index in [4.69, 9.17) is 10.1 Å². The Hall–Kier alpha value is -3.15. The van der Waals surface area contributed by atoms with Crippen LogP contribution >= 0.6 is 0 Å². The summed E-state index contributed by atoms with van der Waals surface area (Å²) in [6.45, 7) is 2.77. The zero-order chi connectivity index (χ0) is 26.4. The fourth-order valence-corrected chi connectivity index (χ4v) is 6.40. The first-order chi connectivity index (χ1) is 17.5. The summed E-state index contributed by atoms with van der Waals surface area (Å²) in [4.78, 5) is 9.59. The number of hydrogen-bond donors (Lipinski definition) is 0. The highest BCUT2D eigenvalue weighted by Crippen LogP contribution is 2.35. The molecule has 9 nitrogen and oxygen atoms in total. The number of nitrogens with zero attached hydrogens (tertiary/aromatic N) is 5. The monoisotopic (exact) mass is 539 g/mol. The van der Waals surface area contributed by atoms with E-state index in [-0.39, 0.29) is 12.0 Å². The lowest BCUT2D eigenvalue weighted by molar-refractivity contribution is 0.438. The van der Waals surface area contributed by atoms with Crippen LogP contribution in [0, 0.1) is 6.92 Å². The summed E-state index contributed by atoms with van der Waals surface area (Å²) in [5.74, 6) is -0.0424. The van der Waals surface area contributed by atoms with Crippen molar-refractivity contribution in [1.82, 2.24) is 24.1 Å². The van der Waals surface area contributed by atoms with Crippen molar-refractivity contribution in [3.05, 3.63) is 77.2 Å². The molecule has 2 unspecified atom stereocenters. The van der Waals surface area contributed by atoms with E-state index in [9.17, 15) is 16.8 Å². The summed E-state index contributed by atoms with van der Waals surface area (Å²) < 4.78 is 51.2. The topological polar surface area (TPSA) is 115 Å². The molecule has 37 heavy (non-hydrogen) atoms. The van der Waals surface area contributed by atoms with E-state index in [1.54, 1.807) is 18.3 Å². The van der Waals surface area contributed by atoms with Crippen molar-refractivity contribution in [2.45, 2.75) is 31.7 Å². The number of aromatic nitrogens is 4. The van der Waals surface area contributed by atoms with Gasteiger partial charge in [-0.25, -0.2) is 16.8 Å². The first kappa shape index (κ1) is 25.5. The van der Waals surface area contributed by atoms with Gasteiger partial charge in [0.15, 0.2) is 9.84 Å².